The fourth-order valence-corrected chi connectivity index (χ4v) is 2.99. The van der Waals surface area contributed by atoms with Crippen molar-refractivity contribution < 1.29 is 9.90 Å². The Hall–Kier alpha value is -1.94. The van der Waals surface area contributed by atoms with Crippen LogP contribution in [0.4, 0.5) is 5.69 Å². The average molecular weight is 287 g/mol. The number of hydrogen-bond donors (Lipinski definition) is 2. The number of nitrogens with two attached hydrogens (primary N) is 1. The van der Waals surface area contributed by atoms with Gasteiger partial charge in [-0.2, -0.15) is 0 Å². The summed E-state index contributed by atoms with van der Waals surface area (Å²) in [6, 6.07) is 11.6. The summed E-state index contributed by atoms with van der Waals surface area (Å²) in [5, 5.41) is 9.06. The van der Waals surface area contributed by atoms with Gasteiger partial charge in [0.25, 0.3) is 0 Å². The van der Waals surface area contributed by atoms with Crippen molar-refractivity contribution in [1.82, 2.24) is 0 Å². The monoisotopic (exact) mass is 287 g/mol. The van der Waals surface area contributed by atoms with Crippen LogP contribution in [0.15, 0.2) is 41.3 Å². The summed E-state index contributed by atoms with van der Waals surface area (Å²) >= 11 is 1.61. The molecule has 0 aliphatic heterocycles. The number of benzene rings is 2. The fraction of sp³-hybridized carbons (Fsp3) is 0.188. The Morgan fingerprint density at radius 2 is 1.80 bits per heavy atom. The first kappa shape index (κ1) is 14.5. The number of anilines is 1. The number of carboxylic acids is 1. The smallest absolute Gasteiger partial charge is 0.337 e. The van der Waals surface area contributed by atoms with Crippen molar-refractivity contribution >= 4 is 23.4 Å². The third kappa shape index (κ3) is 3.54. The normalized spacial score (nSPS) is 10.5. The molecular formula is C16H17NO2S. The van der Waals surface area contributed by atoms with E-state index in [1.54, 1.807) is 23.9 Å². The summed E-state index contributed by atoms with van der Waals surface area (Å²) in [4.78, 5) is 12.0. The largest absolute Gasteiger partial charge is 0.478 e. The minimum Gasteiger partial charge on any atom is -0.478 e. The van der Waals surface area contributed by atoms with Crippen molar-refractivity contribution in [3.05, 3.63) is 58.7 Å². The van der Waals surface area contributed by atoms with Crippen molar-refractivity contribution in [2.75, 3.05) is 5.73 Å². The predicted octanol–water partition coefficient (Wildman–Crippen LogP) is 3.88. The summed E-state index contributed by atoms with van der Waals surface area (Å²) in [6.45, 7) is 4.15. The fourth-order valence-electron chi connectivity index (χ4n) is 2.13. The average Bonchev–Trinajstić information content (AvgIpc) is 2.36. The van der Waals surface area contributed by atoms with E-state index in [9.17, 15) is 4.79 Å². The number of aromatic carboxylic acids is 1. The molecule has 2 aromatic carbocycles. The molecule has 104 valence electrons. The highest BCUT2D eigenvalue weighted by atomic mass is 32.2. The van der Waals surface area contributed by atoms with Gasteiger partial charge in [-0.3, -0.25) is 0 Å². The molecule has 0 aliphatic carbocycles. The molecule has 0 aliphatic rings. The summed E-state index contributed by atoms with van der Waals surface area (Å²) in [5.74, 6) is -0.178. The SMILES string of the molecule is Cc1cc(C)cc(CSc2ccc(N)c(C(=O)O)c2)c1. The number of nitrogen functional groups attached to an aromatic ring is 1. The minimum absolute atomic E-state index is 0.162. The standard InChI is InChI=1S/C16H17NO2S/c1-10-5-11(2)7-12(6-10)9-20-13-3-4-15(17)14(8-13)16(18)19/h3-8H,9,17H2,1-2H3,(H,18,19). The van der Waals surface area contributed by atoms with Crippen molar-refractivity contribution in [3.8, 4) is 0 Å². The zero-order valence-electron chi connectivity index (χ0n) is 11.5. The van der Waals surface area contributed by atoms with E-state index in [0.717, 1.165) is 10.6 Å². The van der Waals surface area contributed by atoms with E-state index in [0.29, 0.717) is 5.69 Å². The van der Waals surface area contributed by atoms with Crippen LogP contribution in [0.3, 0.4) is 0 Å². The number of carboxylic acid groups (broad SMARTS) is 1. The van der Waals surface area contributed by atoms with E-state index < -0.39 is 5.97 Å². The summed E-state index contributed by atoms with van der Waals surface area (Å²) in [6.07, 6.45) is 0. The molecule has 2 aromatic rings. The molecule has 0 amide bonds. The van der Waals surface area contributed by atoms with Crippen molar-refractivity contribution in [3.63, 3.8) is 0 Å². The Labute approximate surface area is 122 Å². The van der Waals surface area contributed by atoms with E-state index in [1.165, 1.54) is 16.7 Å². The van der Waals surface area contributed by atoms with E-state index in [1.807, 2.05) is 6.07 Å². The highest BCUT2D eigenvalue weighted by molar-refractivity contribution is 7.98. The minimum atomic E-state index is -0.989. The molecule has 2 rings (SSSR count). The molecule has 0 heterocycles. The second kappa shape index (κ2) is 6.01. The van der Waals surface area contributed by atoms with Gasteiger partial charge in [0.1, 0.15) is 0 Å². The van der Waals surface area contributed by atoms with Crippen LogP contribution in [0, 0.1) is 13.8 Å². The second-order valence-electron chi connectivity index (χ2n) is 4.84. The van der Waals surface area contributed by atoms with Gasteiger partial charge >= 0.3 is 5.97 Å². The van der Waals surface area contributed by atoms with Crippen LogP contribution >= 0.6 is 11.8 Å². The molecule has 20 heavy (non-hydrogen) atoms. The Bertz CT molecular complexity index is 633. The highest BCUT2D eigenvalue weighted by Crippen LogP contribution is 2.26. The lowest BCUT2D eigenvalue weighted by Gasteiger charge is -2.07. The lowest BCUT2D eigenvalue weighted by Crippen LogP contribution is -2.02. The summed E-state index contributed by atoms with van der Waals surface area (Å²) in [7, 11) is 0. The zero-order chi connectivity index (χ0) is 14.7. The Morgan fingerprint density at radius 3 is 2.40 bits per heavy atom. The van der Waals surface area contributed by atoms with E-state index in [2.05, 4.69) is 32.0 Å². The van der Waals surface area contributed by atoms with E-state index in [-0.39, 0.29) is 5.56 Å². The first-order valence-corrected chi connectivity index (χ1v) is 7.27. The molecule has 0 bridgehead atoms. The maximum Gasteiger partial charge on any atom is 0.337 e. The molecule has 0 unspecified atom stereocenters. The molecule has 0 spiro atoms. The lowest BCUT2D eigenvalue weighted by molar-refractivity contribution is 0.0698. The first-order valence-electron chi connectivity index (χ1n) is 6.28. The Balaban J connectivity index is 2.14. The van der Waals surface area contributed by atoms with E-state index in [4.69, 9.17) is 10.8 Å². The molecule has 0 saturated carbocycles. The molecule has 0 saturated heterocycles. The van der Waals surface area contributed by atoms with Gasteiger partial charge in [-0.05, 0) is 37.6 Å². The first-order chi connectivity index (χ1) is 9.45. The third-order valence-corrected chi connectivity index (χ3v) is 4.01. The third-order valence-electron chi connectivity index (χ3n) is 2.94. The van der Waals surface area contributed by atoms with Gasteiger partial charge in [0, 0.05) is 16.3 Å². The molecular weight excluding hydrogens is 270 g/mol. The summed E-state index contributed by atoms with van der Waals surface area (Å²) < 4.78 is 0. The number of hydrogen-bond acceptors (Lipinski definition) is 3. The van der Waals surface area contributed by atoms with Gasteiger partial charge in [-0.15, -0.1) is 11.8 Å². The van der Waals surface area contributed by atoms with Crippen LogP contribution < -0.4 is 5.73 Å². The van der Waals surface area contributed by atoms with Crippen LogP contribution in [0.1, 0.15) is 27.0 Å². The lowest BCUT2D eigenvalue weighted by atomic mass is 10.1. The quantitative estimate of drug-likeness (QED) is 0.661. The van der Waals surface area contributed by atoms with Gasteiger partial charge in [-0.25, -0.2) is 4.79 Å². The molecule has 3 N–H and O–H groups in total. The second-order valence-corrected chi connectivity index (χ2v) is 5.89. The molecule has 0 fully saturated rings. The zero-order valence-corrected chi connectivity index (χ0v) is 12.3. The molecule has 3 nitrogen and oxygen atoms in total. The number of aryl methyl sites for hydroxylation is 2. The van der Waals surface area contributed by atoms with Crippen LogP contribution in [0.25, 0.3) is 0 Å². The Morgan fingerprint density at radius 1 is 1.15 bits per heavy atom. The van der Waals surface area contributed by atoms with Gasteiger partial charge in [0.05, 0.1) is 5.56 Å². The molecule has 4 heteroatoms. The van der Waals surface area contributed by atoms with Crippen molar-refractivity contribution in [1.29, 1.82) is 0 Å². The maximum atomic E-state index is 11.0. The van der Waals surface area contributed by atoms with Gasteiger partial charge in [0.15, 0.2) is 0 Å². The number of thioether (sulfide) groups is 1. The van der Waals surface area contributed by atoms with Crippen molar-refractivity contribution in [2.24, 2.45) is 0 Å². The van der Waals surface area contributed by atoms with Gasteiger partial charge < -0.3 is 10.8 Å². The van der Waals surface area contributed by atoms with Crippen LogP contribution in [-0.2, 0) is 5.75 Å². The number of carbonyl (C=O) groups is 1. The Kier molecular flexibility index (Phi) is 4.35. The highest BCUT2D eigenvalue weighted by Gasteiger charge is 2.09. The summed E-state index contributed by atoms with van der Waals surface area (Å²) in [5.41, 5.74) is 9.83. The maximum absolute atomic E-state index is 11.0. The number of rotatable bonds is 4. The molecule has 0 radical (unpaired) electrons. The molecule has 0 atom stereocenters. The van der Waals surface area contributed by atoms with Crippen LogP contribution in [0.5, 0.6) is 0 Å². The van der Waals surface area contributed by atoms with Gasteiger partial charge in [0.2, 0.25) is 0 Å². The predicted molar refractivity (Wildman–Crippen MR) is 83.3 cm³/mol. The topological polar surface area (TPSA) is 63.3 Å². The van der Waals surface area contributed by atoms with Gasteiger partial charge in [-0.1, -0.05) is 29.3 Å². The van der Waals surface area contributed by atoms with Crippen LogP contribution in [0.2, 0.25) is 0 Å². The van der Waals surface area contributed by atoms with E-state index >= 15 is 0 Å². The molecule has 0 aromatic heterocycles. The van der Waals surface area contributed by atoms with Crippen molar-refractivity contribution in [2.45, 2.75) is 24.5 Å². The van der Waals surface area contributed by atoms with Crippen LogP contribution in [-0.4, -0.2) is 11.1 Å².